The Morgan fingerprint density at radius 3 is 2.83 bits per heavy atom. The lowest BCUT2D eigenvalue weighted by molar-refractivity contribution is -0.0988. The largest absolute Gasteiger partial charge is 0.384 e. The Hall–Kier alpha value is -1.43. The number of alkyl halides is 2. The van der Waals surface area contributed by atoms with Crippen molar-refractivity contribution in [2.45, 2.75) is 18.4 Å². The molecule has 0 spiro atoms. The molecular weight excluding hydrogens is 240 g/mol. The fraction of sp³-hybridized carbons (Fsp3) is 0.583. The van der Waals surface area contributed by atoms with Gasteiger partial charge in [-0.05, 0) is 25.6 Å². The number of hydrogen-bond acceptors (Lipinski definition) is 3. The van der Waals surface area contributed by atoms with Gasteiger partial charge in [-0.25, -0.2) is 8.78 Å². The molecule has 0 amide bonds. The average molecular weight is 257 g/mol. The van der Waals surface area contributed by atoms with Crippen LogP contribution in [0.5, 0.6) is 0 Å². The van der Waals surface area contributed by atoms with Crippen molar-refractivity contribution >= 4 is 5.69 Å². The van der Waals surface area contributed by atoms with Crippen molar-refractivity contribution < 1.29 is 8.78 Å². The monoisotopic (exact) mass is 257 g/mol. The molecule has 100 valence electrons. The van der Waals surface area contributed by atoms with Crippen LogP contribution in [-0.4, -0.2) is 42.6 Å². The van der Waals surface area contributed by atoms with Crippen molar-refractivity contribution in [3.63, 3.8) is 0 Å². The van der Waals surface area contributed by atoms with E-state index in [1.807, 2.05) is 0 Å². The minimum atomic E-state index is -2.89. The van der Waals surface area contributed by atoms with Crippen LogP contribution in [0, 0.1) is 0 Å². The minimum Gasteiger partial charge on any atom is -0.384 e. The molecule has 1 atom stereocenters. The quantitative estimate of drug-likeness (QED) is 0.870. The maximum absolute atomic E-state index is 14.0. The molecule has 1 aliphatic rings. The van der Waals surface area contributed by atoms with Crippen LogP contribution in [0.25, 0.3) is 0 Å². The van der Waals surface area contributed by atoms with Crippen LogP contribution >= 0.6 is 0 Å². The summed E-state index contributed by atoms with van der Waals surface area (Å²) in [5.41, 5.74) is -0.0542. The first-order valence-electron chi connectivity index (χ1n) is 5.91. The molecule has 2 rings (SSSR count). The van der Waals surface area contributed by atoms with E-state index in [-0.39, 0.29) is 13.0 Å². The van der Waals surface area contributed by atoms with Crippen molar-refractivity contribution in [3.8, 4) is 0 Å². The Kier molecular flexibility index (Phi) is 3.38. The van der Waals surface area contributed by atoms with Gasteiger partial charge >= 0.3 is 0 Å². The second-order valence-corrected chi connectivity index (χ2v) is 4.69. The molecule has 2 heterocycles. The van der Waals surface area contributed by atoms with Crippen LogP contribution in [0.15, 0.2) is 23.1 Å². The zero-order valence-corrected chi connectivity index (χ0v) is 10.5. The maximum atomic E-state index is 14.0. The molecule has 1 fully saturated rings. The molecule has 1 unspecified atom stereocenters. The second-order valence-electron chi connectivity index (χ2n) is 4.69. The lowest BCUT2D eigenvalue weighted by Gasteiger charge is -2.37. The third-order valence-corrected chi connectivity index (χ3v) is 3.33. The fourth-order valence-electron chi connectivity index (χ4n) is 2.39. The Bertz CT molecular complexity index is 486. The summed E-state index contributed by atoms with van der Waals surface area (Å²) in [5, 5.41) is 2.72. The summed E-state index contributed by atoms with van der Waals surface area (Å²) in [6.07, 6.45) is 1.71. The van der Waals surface area contributed by atoms with Gasteiger partial charge in [0.1, 0.15) is 11.7 Å². The van der Waals surface area contributed by atoms with E-state index < -0.39 is 17.5 Å². The van der Waals surface area contributed by atoms with Crippen LogP contribution in [0.2, 0.25) is 0 Å². The summed E-state index contributed by atoms with van der Waals surface area (Å²) in [4.78, 5) is 13.6. The predicted molar refractivity (Wildman–Crippen MR) is 66.3 cm³/mol. The van der Waals surface area contributed by atoms with Gasteiger partial charge < -0.3 is 14.8 Å². The Morgan fingerprint density at radius 2 is 2.22 bits per heavy atom. The molecule has 0 radical (unpaired) electrons. The number of likely N-dealkylation sites (tertiary alicyclic amines) is 1. The van der Waals surface area contributed by atoms with Gasteiger partial charge in [0.05, 0.1) is 6.54 Å². The van der Waals surface area contributed by atoms with Crippen LogP contribution < -0.4 is 10.9 Å². The van der Waals surface area contributed by atoms with Crippen LogP contribution in [0.1, 0.15) is 12.5 Å². The van der Waals surface area contributed by atoms with E-state index in [4.69, 9.17) is 0 Å². The van der Waals surface area contributed by atoms with Crippen molar-refractivity contribution in [1.82, 2.24) is 9.47 Å². The van der Waals surface area contributed by atoms with Crippen molar-refractivity contribution in [2.24, 2.45) is 0 Å². The molecule has 1 aromatic rings. The topological polar surface area (TPSA) is 37.3 Å². The number of halogens is 2. The average Bonchev–Trinajstić information content (AvgIpc) is 2.29. The van der Waals surface area contributed by atoms with Gasteiger partial charge in [-0.2, -0.15) is 0 Å². The highest BCUT2D eigenvalue weighted by atomic mass is 19.3. The van der Waals surface area contributed by atoms with Crippen molar-refractivity contribution in [3.05, 3.63) is 28.7 Å². The summed E-state index contributed by atoms with van der Waals surface area (Å²) in [7, 11) is 3.27. The van der Waals surface area contributed by atoms with Gasteiger partial charge in [-0.1, -0.05) is 0 Å². The minimum absolute atomic E-state index is 0.274. The van der Waals surface area contributed by atoms with Gasteiger partial charge in [-0.15, -0.1) is 0 Å². The number of pyridine rings is 1. The molecule has 1 N–H and O–H groups in total. The van der Waals surface area contributed by atoms with Gasteiger partial charge in [0.25, 0.3) is 11.5 Å². The van der Waals surface area contributed by atoms with E-state index >= 15 is 0 Å². The lowest BCUT2D eigenvalue weighted by Crippen LogP contribution is -2.49. The highest BCUT2D eigenvalue weighted by molar-refractivity contribution is 5.39. The maximum Gasteiger partial charge on any atom is 0.280 e. The summed E-state index contributed by atoms with van der Waals surface area (Å²) in [5.74, 6) is -2.89. The van der Waals surface area contributed by atoms with E-state index in [0.29, 0.717) is 12.2 Å². The molecule has 18 heavy (non-hydrogen) atoms. The zero-order chi connectivity index (χ0) is 13.3. The molecule has 1 saturated heterocycles. The summed E-state index contributed by atoms with van der Waals surface area (Å²) in [6.45, 7) is 0.254. The molecule has 0 aromatic carbocycles. The normalized spacial score (nSPS) is 23.9. The molecule has 4 nitrogen and oxygen atoms in total. The predicted octanol–water partition coefficient (Wildman–Crippen LogP) is 1.40. The van der Waals surface area contributed by atoms with Crippen LogP contribution in [-0.2, 0) is 0 Å². The lowest BCUT2D eigenvalue weighted by atomic mass is 10.0. The van der Waals surface area contributed by atoms with Crippen LogP contribution in [0.4, 0.5) is 14.5 Å². The fourth-order valence-corrected chi connectivity index (χ4v) is 2.39. The van der Waals surface area contributed by atoms with E-state index in [0.717, 1.165) is 4.57 Å². The Morgan fingerprint density at radius 1 is 1.50 bits per heavy atom. The van der Waals surface area contributed by atoms with Crippen molar-refractivity contribution in [2.75, 3.05) is 32.5 Å². The molecule has 1 aromatic heterocycles. The first-order valence-corrected chi connectivity index (χ1v) is 5.91. The molecule has 0 bridgehead atoms. The number of nitrogens with one attached hydrogen (secondary N) is 1. The number of aromatic nitrogens is 1. The Balaban J connectivity index is 2.40. The first kappa shape index (κ1) is 13.0. The van der Waals surface area contributed by atoms with Crippen molar-refractivity contribution in [1.29, 1.82) is 0 Å². The standard InChI is InChI=1S/C12H17F2N3O/c1-15-9-4-3-6-17(11(9)18)10-5-7-16(2)8-12(10,13)14/h3-4,6,10,15H,5,7-8H2,1-2H3. The number of rotatable bonds is 2. The Labute approximate surface area is 104 Å². The van der Waals surface area contributed by atoms with Crippen LogP contribution in [0.3, 0.4) is 0 Å². The van der Waals surface area contributed by atoms with Gasteiger partial charge in [0, 0.05) is 19.8 Å². The third kappa shape index (κ3) is 2.25. The molecule has 0 aliphatic carbocycles. The summed E-state index contributed by atoms with van der Waals surface area (Å²) >= 11 is 0. The van der Waals surface area contributed by atoms with Gasteiger partial charge in [0.2, 0.25) is 0 Å². The number of hydrogen-bond donors (Lipinski definition) is 1. The highest BCUT2D eigenvalue weighted by Gasteiger charge is 2.45. The number of nitrogens with zero attached hydrogens (tertiary/aromatic N) is 2. The first-order chi connectivity index (χ1) is 8.45. The smallest absolute Gasteiger partial charge is 0.280 e. The van der Waals surface area contributed by atoms with E-state index in [2.05, 4.69) is 5.32 Å². The molecular formula is C12H17F2N3O. The van der Waals surface area contributed by atoms with E-state index in [1.54, 1.807) is 31.1 Å². The van der Waals surface area contributed by atoms with E-state index in [1.165, 1.54) is 6.20 Å². The molecule has 6 heteroatoms. The van der Waals surface area contributed by atoms with E-state index in [9.17, 15) is 13.6 Å². The van der Waals surface area contributed by atoms with Gasteiger partial charge in [0.15, 0.2) is 0 Å². The summed E-state index contributed by atoms with van der Waals surface area (Å²) < 4.78 is 29.1. The van der Waals surface area contributed by atoms with Gasteiger partial charge in [-0.3, -0.25) is 4.79 Å². The summed E-state index contributed by atoms with van der Waals surface area (Å²) in [6, 6.07) is 2.14. The number of piperidine rings is 1. The molecule has 1 aliphatic heterocycles. The third-order valence-electron chi connectivity index (χ3n) is 3.33. The number of anilines is 1. The second kappa shape index (κ2) is 4.68. The zero-order valence-electron chi connectivity index (χ0n) is 10.5. The molecule has 0 saturated carbocycles. The SMILES string of the molecule is CNc1cccn(C2CCN(C)CC2(F)F)c1=O. The highest BCUT2D eigenvalue weighted by Crippen LogP contribution is 2.35.